The molecule has 0 atom stereocenters. The quantitative estimate of drug-likeness (QED) is 0.289. The van der Waals surface area contributed by atoms with Crippen molar-refractivity contribution < 1.29 is 10.2 Å². The van der Waals surface area contributed by atoms with Gasteiger partial charge in [-0.25, -0.2) is 0 Å². The highest BCUT2D eigenvalue weighted by molar-refractivity contribution is 6.03. The summed E-state index contributed by atoms with van der Waals surface area (Å²) in [5.74, 6) is 0.429. The molecular formula is C32H34N2O2. The molecule has 0 spiro atoms. The summed E-state index contributed by atoms with van der Waals surface area (Å²) in [5.41, 5.74) is 4.44. The van der Waals surface area contributed by atoms with Gasteiger partial charge in [0, 0.05) is 29.1 Å². The van der Waals surface area contributed by atoms with Crippen LogP contribution in [0.15, 0.2) is 82.8 Å². The van der Waals surface area contributed by atoms with Crippen molar-refractivity contribution >= 4 is 34.6 Å². The molecule has 0 fully saturated rings. The number of fused-ring (bicyclic) bond motifs is 1. The first-order valence-corrected chi connectivity index (χ1v) is 12.2. The zero-order valence-corrected chi connectivity index (χ0v) is 21.9. The number of benzene rings is 4. The molecule has 36 heavy (non-hydrogen) atoms. The minimum Gasteiger partial charge on any atom is -0.507 e. The smallest absolute Gasteiger partial charge is 0.128 e. The number of para-hydroxylation sites is 2. The largest absolute Gasteiger partial charge is 0.507 e. The van der Waals surface area contributed by atoms with Gasteiger partial charge < -0.3 is 10.2 Å². The number of aliphatic imine (C=N–C) groups is 2. The molecule has 0 bridgehead atoms. The first kappa shape index (κ1) is 25.2. The summed E-state index contributed by atoms with van der Waals surface area (Å²) >= 11 is 0. The lowest BCUT2D eigenvalue weighted by Gasteiger charge is -2.27. The lowest BCUT2D eigenvalue weighted by atomic mass is 9.79. The van der Waals surface area contributed by atoms with E-state index in [9.17, 15) is 10.2 Å². The molecule has 0 aliphatic heterocycles. The molecule has 0 radical (unpaired) electrons. The van der Waals surface area contributed by atoms with Gasteiger partial charge in [0.2, 0.25) is 0 Å². The maximum atomic E-state index is 11.1. The van der Waals surface area contributed by atoms with Crippen molar-refractivity contribution in [2.75, 3.05) is 0 Å². The Hall–Kier alpha value is -3.92. The maximum Gasteiger partial charge on any atom is 0.128 e. The fourth-order valence-electron chi connectivity index (χ4n) is 4.14. The summed E-state index contributed by atoms with van der Waals surface area (Å²) in [4.78, 5) is 9.39. The van der Waals surface area contributed by atoms with E-state index >= 15 is 0 Å². The van der Waals surface area contributed by atoms with Crippen molar-refractivity contribution in [2.45, 2.75) is 52.4 Å². The van der Waals surface area contributed by atoms with Crippen LogP contribution in [-0.2, 0) is 10.8 Å². The molecule has 4 aromatic rings. The minimum absolute atomic E-state index is 0.0705. The van der Waals surface area contributed by atoms with Gasteiger partial charge in [-0.2, -0.15) is 0 Å². The Kier molecular flexibility index (Phi) is 6.73. The molecule has 0 saturated carbocycles. The highest BCUT2D eigenvalue weighted by atomic mass is 16.3. The van der Waals surface area contributed by atoms with Gasteiger partial charge in [-0.05, 0) is 51.4 Å². The number of phenols is 2. The van der Waals surface area contributed by atoms with Crippen LogP contribution in [0.5, 0.6) is 11.5 Å². The van der Waals surface area contributed by atoms with Crippen LogP contribution < -0.4 is 0 Å². The van der Waals surface area contributed by atoms with E-state index in [0.717, 1.165) is 21.9 Å². The molecule has 0 aromatic heterocycles. The molecule has 0 unspecified atom stereocenters. The average Bonchev–Trinajstić information content (AvgIpc) is 2.82. The second kappa shape index (κ2) is 9.62. The van der Waals surface area contributed by atoms with Gasteiger partial charge in [-0.15, -0.1) is 0 Å². The molecule has 0 amide bonds. The summed E-state index contributed by atoms with van der Waals surface area (Å²) in [6.45, 7) is 12.8. The van der Waals surface area contributed by atoms with Crippen LogP contribution in [0.4, 0.5) is 11.4 Å². The molecule has 0 aliphatic rings. The van der Waals surface area contributed by atoms with Gasteiger partial charge in [0.05, 0.1) is 11.4 Å². The first-order chi connectivity index (χ1) is 16.9. The van der Waals surface area contributed by atoms with E-state index in [-0.39, 0.29) is 22.3 Å². The molecule has 184 valence electrons. The summed E-state index contributed by atoms with van der Waals surface area (Å²) < 4.78 is 0. The standard InChI is InChI=1S/C32H34N2O2/c1-31(2,3)23-17-22(30(36)26(18-23)32(4,5)6)19-33-27-13-9-10-14-28(27)34-20-25-24-12-8-7-11-21(24)15-16-29(25)35/h7-20,35-36H,1-6H3. The number of rotatable bonds is 4. The molecule has 4 rings (SSSR count). The number of nitrogens with zero attached hydrogens (tertiary/aromatic N) is 2. The molecule has 4 aromatic carbocycles. The maximum absolute atomic E-state index is 11.1. The molecule has 0 aliphatic carbocycles. The average molecular weight is 479 g/mol. The van der Waals surface area contributed by atoms with E-state index < -0.39 is 0 Å². The van der Waals surface area contributed by atoms with Crippen LogP contribution in [0.1, 0.15) is 63.8 Å². The van der Waals surface area contributed by atoms with Crippen molar-refractivity contribution in [3.63, 3.8) is 0 Å². The van der Waals surface area contributed by atoms with Crippen LogP contribution >= 0.6 is 0 Å². The number of phenolic OH excluding ortho intramolecular Hbond substituents is 2. The fraction of sp³-hybridized carbons (Fsp3) is 0.250. The molecule has 0 saturated heterocycles. The van der Waals surface area contributed by atoms with E-state index in [1.54, 1.807) is 18.5 Å². The predicted molar refractivity (Wildman–Crippen MR) is 152 cm³/mol. The van der Waals surface area contributed by atoms with Gasteiger partial charge in [0.15, 0.2) is 0 Å². The van der Waals surface area contributed by atoms with E-state index in [1.165, 1.54) is 0 Å². The summed E-state index contributed by atoms with van der Waals surface area (Å²) in [5, 5.41) is 23.5. The number of hydrogen-bond donors (Lipinski definition) is 2. The topological polar surface area (TPSA) is 65.2 Å². The molecule has 4 nitrogen and oxygen atoms in total. The van der Waals surface area contributed by atoms with Gasteiger partial charge in [0.25, 0.3) is 0 Å². The van der Waals surface area contributed by atoms with Crippen LogP contribution in [0.2, 0.25) is 0 Å². The third kappa shape index (κ3) is 5.33. The Balaban J connectivity index is 1.75. The lowest BCUT2D eigenvalue weighted by Crippen LogP contribution is -2.17. The third-order valence-corrected chi connectivity index (χ3v) is 6.32. The molecule has 4 heteroatoms. The summed E-state index contributed by atoms with van der Waals surface area (Å²) in [6, 6.07) is 23.2. The Morgan fingerprint density at radius 2 is 1.28 bits per heavy atom. The van der Waals surface area contributed by atoms with Gasteiger partial charge in [-0.1, -0.05) is 90.1 Å². The highest BCUT2D eigenvalue weighted by Gasteiger charge is 2.24. The normalized spacial score (nSPS) is 12.7. The van der Waals surface area contributed by atoms with Gasteiger partial charge in [-0.3, -0.25) is 9.98 Å². The highest BCUT2D eigenvalue weighted by Crippen LogP contribution is 2.38. The minimum atomic E-state index is -0.212. The van der Waals surface area contributed by atoms with Crippen LogP contribution in [0, 0.1) is 0 Å². The Labute approximate surface area is 213 Å². The van der Waals surface area contributed by atoms with Crippen LogP contribution in [0.25, 0.3) is 10.8 Å². The zero-order chi connectivity index (χ0) is 26.1. The van der Waals surface area contributed by atoms with Crippen molar-refractivity contribution in [2.24, 2.45) is 9.98 Å². The van der Waals surface area contributed by atoms with E-state index in [4.69, 9.17) is 4.99 Å². The van der Waals surface area contributed by atoms with Crippen molar-refractivity contribution in [3.8, 4) is 11.5 Å². The Morgan fingerprint density at radius 1 is 0.667 bits per heavy atom. The lowest BCUT2D eigenvalue weighted by molar-refractivity contribution is 0.444. The first-order valence-electron chi connectivity index (χ1n) is 12.2. The monoisotopic (exact) mass is 478 g/mol. The third-order valence-electron chi connectivity index (χ3n) is 6.32. The van der Waals surface area contributed by atoms with Crippen molar-refractivity contribution in [1.29, 1.82) is 0 Å². The van der Waals surface area contributed by atoms with Crippen LogP contribution in [-0.4, -0.2) is 22.6 Å². The Morgan fingerprint density at radius 3 is 1.92 bits per heavy atom. The molecule has 0 heterocycles. The second-order valence-corrected chi connectivity index (χ2v) is 11.2. The van der Waals surface area contributed by atoms with E-state index in [0.29, 0.717) is 22.5 Å². The van der Waals surface area contributed by atoms with Gasteiger partial charge in [0.1, 0.15) is 11.5 Å². The summed E-state index contributed by atoms with van der Waals surface area (Å²) in [6.07, 6.45) is 3.39. The fourth-order valence-corrected chi connectivity index (χ4v) is 4.14. The Bertz CT molecular complexity index is 1470. The molecular weight excluding hydrogens is 444 g/mol. The molecule has 2 N–H and O–H groups in total. The predicted octanol–water partition coefficient (Wildman–Crippen LogP) is 8.35. The number of hydrogen-bond acceptors (Lipinski definition) is 4. The second-order valence-electron chi connectivity index (χ2n) is 11.2. The number of aromatic hydroxyl groups is 2. The van der Waals surface area contributed by atoms with Crippen molar-refractivity contribution in [1.82, 2.24) is 0 Å². The summed E-state index contributed by atoms with van der Waals surface area (Å²) in [7, 11) is 0. The van der Waals surface area contributed by atoms with Crippen LogP contribution in [0.3, 0.4) is 0 Å². The van der Waals surface area contributed by atoms with Crippen molar-refractivity contribution in [3.05, 3.63) is 95.1 Å². The SMILES string of the molecule is CC(C)(C)c1cc(C=Nc2ccccc2N=Cc2c(O)ccc3ccccc23)c(O)c(C(C)(C)C)c1. The van der Waals surface area contributed by atoms with E-state index in [1.807, 2.05) is 60.7 Å². The van der Waals surface area contributed by atoms with Gasteiger partial charge >= 0.3 is 0 Å². The zero-order valence-electron chi connectivity index (χ0n) is 21.9. The van der Waals surface area contributed by atoms with E-state index in [2.05, 4.69) is 52.6 Å².